The van der Waals surface area contributed by atoms with Gasteiger partial charge in [0, 0.05) is 19.0 Å². The van der Waals surface area contributed by atoms with E-state index in [-0.39, 0.29) is 11.9 Å². The van der Waals surface area contributed by atoms with Crippen LogP contribution >= 0.6 is 11.3 Å². The Kier molecular flexibility index (Phi) is 4.23. The molecule has 23 heavy (non-hydrogen) atoms. The average Bonchev–Trinajstić information content (AvgIpc) is 3.20. The molecule has 0 saturated carbocycles. The number of hydrogen-bond donors (Lipinski definition) is 1. The minimum absolute atomic E-state index is 0.00623. The Balaban J connectivity index is 1.74. The lowest BCUT2D eigenvalue weighted by atomic mass is 10.2. The Labute approximate surface area is 138 Å². The van der Waals surface area contributed by atoms with Crippen LogP contribution < -0.4 is 5.32 Å². The first kappa shape index (κ1) is 15.8. The van der Waals surface area contributed by atoms with Crippen LogP contribution in [0.15, 0.2) is 28.9 Å². The van der Waals surface area contributed by atoms with Gasteiger partial charge >= 0.3 is 0 Å². The maximum Gasteiger partial charge on any atom is 0.261 e. The van der Waals surface area contributed by atoms with Crippen LogP contribution in [-0.2, 0) is 7.05 Å². The molecule has 0 aliphatic heterocycles. The first-order chi connectivity index (χ1) is 11.0. The summed E-state index contributed by atoms with van der Waals surface area (Å²) in [4.78, 5) is 16.2. The van der Waals surface area contributed by atoms with E-state index < -0.39 is 0 Å². The van der Waals surface area contributed by atoms with Crippen LogP contribution in [0.2, 0.25) is 0 Å². The van der Waals surface area contributed by atoms with Gasteiger partial charge in [-0.1, -0.05) is 0 Å². The SMILES string of the molecule is Cc1nn(C)c2sc(C(=O)NCC(c3ccco3)N(C)C)cc12. The molecule has 1 unspecified atom stereocenters. The number of rotatable bonds is 5. The molecule has 1 N–H and O–H groups in total. The first-order valence-electron chi connectivity index (χ1n) is 7.38. The Bertz CT molecular complexity index is 782. The summed E-state index contributed by atoms with van der Waals surface area (Å²) in [5.41, 5.74) is 0.944. The van der Waals surface area contributed by atoms with Crippen LogP contribution in [-0.4, -0.2) is 41.2 Å². The molecule has 3 rings (SSSR count). The van der Waals surface area contributed by atoms with Gasteiger partial charge in [-0.25, -0.2) is 0 Å². The van der Waals surface area contributed by atoms with Crippen molar-refractivity contribution >= 4 is 27.5 Å². The molecule has 3 aromatic heterocycles. The highest BCUT2D eigenvalue weighted by Gasteiger charge is 2.20. The zero-order valence-electron chi connectivity index (χ0n) is 13.7. The molecule has 0 aliphatic rings. The molecule has 6 nitrogen and oxygen atoms in total. The van der Waals surface area contributed by atoms with Crippen molar-refractivity contribution in [1.82, 2.24) is 20.0 Å². The van der Waals surface area contributed by atoms with E-state index in [1.807, 2.05) is 55.8 Å². The van der Waals surface area contributed by atoms with E-state index in [1.165, 1.54) is 11.3 Å². The minimum atomic E-state index is -0.0657. The number of furan rings is 1. The van der Waals surface area contributed by atoms with Crippen LogP contribution in [0.25, 0.3) is 10.2 Å². The number of nitrogens with zero attached hydrogens (tertiary/aromatic N) is 3. The van der Waals surface area contributed by atoms with Gasteiger partial charge in [0.1, 0.15) is 10.6 Å². The highest BCUT2D eigenvalue weighted by molar-refractivity contribution is 7.20. The molecular weight excluding hydrogens is 312 g/mol. The van der Waals surface area contributed by atoms with Gasteiger partial charge in [-0.05, 0) is 39.2 Å². The molecule has 0 aliphatic carbocycles. The molecule has 1 atom stereocenters. The molecule has 7 heteroatoms. The van der Waals surface area contributed by atoms with Crippen LogP contribution in [0.4, 0.5) is 0 Å². The molecular formula is C16H20N4O2S. The van der Waals surface area contributed by atoms with Gasteiger partial charge in [0.05, 0.1) is 22.9 Å². The molecule has 0 saturated heterocycles. The Hall–Kier alpha value is -2.12. The van der Waals surface area contributed by atoms with Gasteiger partial charge in [-0.15, -0.1) is 11.3 Å². The topological polar surface area (TPSA) is 63.3 Å². The summed E-state index contributed by atoms with van der Waals surface area (Å²) in [6.45, 7) is 2.44. The summed E-state index contributed by atoms with van der Waals surface area (Å²) in [7, 11) is 5.83. The minimum Gasteiger partial charge on any atom is -0.468 e. The van der Waals surface area contributed by atoms with Gasteiger partial charge < -0.3 is 9.73 Å². The van der Waals surface area contributed by atoms with E-state index in [0.717, 1.165) is 21.7 Å². The number of carbonyl (C=O) groups excluding carboxylic acids is 1. The maximum atomic E-state index is 12.5. The summed E-state index contributed by atoms with van der Waals surface area (Å²) in [6, 6.07) is 5.70. The highest BCUT2D eigenvalue weighted by Crippen LogP contribution is 2.27. The Morgan fingerprint density at radius 3 is 2.91 bits per heavy atom. The monoisotopic (exact) mass is 332 g/mol. The van der Waals surface area contributed by atoms with Gasteiger partial charge in [-0.2, -0.15) is 5.10 Å². The van der Waals surface area contributed by atoms with Crippen molar-refractivity contribution in [2.24, 2.45) is 7.05 Å². The summed E-state index contributed by atoms with van der Waals surface area (Å²) < 4.78 is 7.28. The molecule has 122 valence electrons. The molecule has 0 aromatic carbocycles. The predicted molar refractivity (Wildman–Crippen MR) is 90.8 cm³/mol. The van der Waals surface area contributed by atoms with Gasteiger partial charge in [0.25, 0.3) is 5.91 Å². The molecule has 0 spiro atoms. The van der Waals surface area contributed by atoms with Crippen molar-refractivity contribution in [3.05, 3.63) is 40.8 Å². The number of nitrogens with one attached hydrogen (secondary N) is 1. The number of fused-ring (bicyclic) bond motifs is 1. The van der Waals surface area contributed by atoms with E-state index >= 15 is 0 Å². The zero-order chi connectivity index (χ0) is 16.6. The predicted octanol–water partition coefficient (Wildman–Crippen LogP) is 2.57. The number of likely N-dealkylation sites (N-methyl/N-ethyl adjacent to an activating group) is 1. The fourth-order valence-corrected chi connectivity index (χ4v) is 3.65. The molecule has 1 amide bonds. The molecule has 3 heterocycles. The summed E-state index contributed by atoms with van der Waals surface area (Å²) in [5, 5.41) is 8.40. The second kappa shape index (κ2) is 6.17. The number of hydrogen-bond acceptors (Lipinski definition) is 5. The lowest BCUT2D eigenvalue weighted by Crippen LogP contribution is -2.34. The Morgan fingerprint density at radius 1 is 1.52 bits per heavy atom. The number of carbonyl (C=O) groups is 1. The van der Waals surface area contributed by atoms with Crippen molar-refractivity contribution < 1.29 is 9.21 Å². The third kappa shape index (κ3) is 3.02. The second-order valence-electron chi connectivity index (χ2n) is 5.74. The van der Waals surface area contributed by atoms with E-state index in [9.17, 15) is 4.79 Å². The van der Waals surface area contributed by atoms with E-state index in [0.29, 0.717) is 11.4 Å². The number of thiophene rings is 1. The average molecular weight is 332 g/mol. The highest BCUT2D eigenvalue weighted by atomic mass is 32.1. The first-order valence-corrected chi connectivity index (χ1v) is 8.20. The van der Waals surface area contributed by atoms with Crippen molar-refractivity contribution in [3.63, 3.8) is 0 Å². The van der Waals surface area contributed by atoms with Crippen LogP contribution in [0, 0.1) is 6.92 Å². The lowest BCUT2D eigenvalue weighted by molar-refractivity contribution is 0.0943. The normalized spacial score (nSPS) is 12.9. The van der Waals surface area contributed by atoms with Crippen LogP contribution in [0.3, 0.4) is 0 Å². The standard InChI is InChI=1S/C16H20N4O2S/c1-10-11-8-14(23-16(11)20(4)18-10)15(21)17-9-12(19(2)3)13-6-5-7-22-13/h5-8,12H,9H2,1-4H3,(H,17,21). The summed E-state index contributed by atoms with van der Waals surface area (Å²) in [6.07, 6.45) is 1.65. The molecule has 0 fully saturated rings. The largest absolute Gasteiger partial charge is 0.468 e. The van der Waals surface area contributed by atoms with Gasteiger partial charge in [0.15, 0.2) is 0 Å². The maximum absolute atomic E-state index is 12.5. The van der Waals surface area contributed by atoms with Crippen molar-refractivity contribution in [3.8, 4) is 0 Å². The summed E-state index contributed by atoms with van der Waals surface area (Å²) in [5.74, 6) is 0.774. The van der Waals surface area contributed by atoms with Gasteiger partial charge in [-0.3, -0.25) is 14.4 Å². The fraction of sp³-hybridized carbons (Fsp3) is 0.375. The fourth-order valence-electron chi connectivity index (χ4n) is 2.61. The van der Waals surface area contributed by atoms with E-state index in [4.69, 9.17) is 4.42 Å². The smallest absolute Gasteiger partial charge is 0.261 e. The van der Waals surface area contributed by atoms with Crippen molar-refractivity contribution in [2.45, 2.75) is 13.0 Å². The number of amides is 1. The number of aryl methyl sites for hydroxylation is 2. The van der Waals surface area contributed by atoms with Crippen LogP contribution in [0.1, 0.15) is 27.2 Å². The van der Waals surface area contributed by atoms with E-state index in [2.05, 4.69) is 10.4 Å². The third-order valence-corrected chi connectivity index (χ3v) is 5.07. The lowest BCUT2D eigenvalue weighted by Gasteiger charge is -2.22. The third-order valence-electron chi connectivity index (χ3n) is 3.87. The summed E-state index contributed by atoms with van der Waals surface area (Å²) >= 11 is 1.46. The zero-order valence-corrected chi connectivity index (χ0v) is 14.5. The Morgan fingerprint density at radius 2 is 2.30 bits per heavy atom. The van der Waals surface area contributed by atoms with Gasteiger partial charge in [0.2, 0.25) is 0 Å². The van der Waals surface area contributed by atoms with Crippen LogP contribution in [0.5, 0.6) is 0 Å². The number of aromatic nitrogens is 2. The molecule has 0 bridgehead atoms. The molecule has 0 radical (unpaired) electrons. The second-order valence-corrected chi connectivity index (χ2v) is 6.77. The molecule has 3 aromatic rings. The quantitative estimate of drug-likeness (QED) is 0.780. The van der Waals surface area contributed by atoms with E-state index in [1.54, 1.807) is 6.26 Å². The van der Waals surface area contributed by atoms with Crippen molar-refractivity contribution in [2.75, 3.05) is 20.6 Å². The van der Waals surface area contributed by atoms with Crippen molar-refractivity contribution in [1.29, 1.82) is 0 Å².